The molecular weight excluding hydrogens is 308 g/mol. The van der Waals surface area contributed by atoms with Crippen molar-refractivity contribution in [2.75, 3.05) is 48.4 Å². The number of hydrogen-bond donors (Lipinski definition) is 2. The molecule has 1 fully saturated rings. The lowest BCUT2D eigenvalue weighted by Crippen LogP contribution is -2.39. The molecule has 124 valence electrons. The van der Waals surface area contributed by atoms with Crippen molar-refractivity contribution in [3.05, 3.63) is 35.8 Å². The third kappa shape index (κ3) is 4.14. The van der Waals surface area contributed by atoms with Crippen LogP contribution in [0.2, 0.25) is 0 Å². The van der Waals surface area contributed by atoms with Crippen LogP contribution in [0.25, 0.3) is 0 Å². The fourth-order valence-corrected chi connectivity index (χ4v) is 3.61. The summed E-state index contributed by atoms with van der Waals surface area (Å²) < 4.78 is 0. The van der Waals surface area contributed by atoms with Crippen molar-refractivity contribution < 1.29 is 5.11 Å². The lowest BCUT2D eigenvalue weighted by molar-refractivity contribution is 0.304. The largest absolute Gasteiger partial charge is 0.395 e. The van der Waals surface area contributed by atoms with E-state index in [0.717, 1.165) is 36.8 Å². The molecule has 2 N–H and O–H groups in total. The minimum atomic E-state index is 0.175. The van der Waals surface area contributed by atoms with Crippen molar-refractivity contribution in [1.29, 1.82) is 0 Å². The van der Waals surface area contributed by atoms with Gasteiger partial charge in [-0.15, -0.1) is 11.3 Å². The minimum Gasteiger partial charge on any atom is -0.395 e. The van der Waals surface area contributed by atoms with Crippen molar-refractivity contribution >= 4 is 27.8 Å². The number of aromatic nitrogens is 1. The van der Waals surface area contributed by atoms with E-state index < -0.39 is 0 Å². The number of anilines is 3. The van der Waals surface area contributed by atoms with E-state index in [-0.39, 0.29) is 6.61 Å². The second-order valence-corrected chi connectivity index (χ2v) is 6.79. The average Bonchev–Trinajstić information content (AvgIpc) is 3.11. The topological polar surface area (TPSA) is 51.6 Å². The molecule has 0 unspecified atom stereocenters. The first-order valence-electron chi connectivity index (χ1n) is 8.09. The Morgan fingerprint density at radius 2 is 2.04 bits per heavy atom. The highest BCUT2D eigenvalue weighted by molar-refractivity contribution is 7.13. The summed E-state index contributed by atoms with van der Waals surface area (Å²) in [5.41, 5.74) is 2.29. The third-order valence-corrected chi connectivity index (χ3v) is 5.13. The summed E-state index contributed by atoms with van der Waals surface area (Å²) in [7, 11) is 1.99. The molecular formula is C17H24N4OS. The first-order valence-corrected chi connectivity index (χ1v) is 8.97. The Hall–Kier alpha value is -1.79. The summed E-state index contributed by atoms with van der Waals surface area (Å²) in [5.74, 6) is 0. The standard InChI is InChI=1S/C17H24N4OS/c1-20(11-12-22)16-4-2-14(3-5-16)19-15-6-9-21(10-7-15)17-18-8-13-23-17/h2-5,8,13,15,19,22H,6-7,9-12H2,1H3. The molecule has 0 aliphatic carbocycles. The minimum absolute atomic E-state index is 0.175. The van der Waals surface area contributed by atoms with Crippen LogP contribution >= 0.6 is 11.3 Å². The molecule has 1 saturated heterocycles. The van der Waals surface area contributed by atoms with Crippen LogP contribution in [0.3, 0.4) is 0 Å². The van der Waals surface area contributed by atoms with E-state index in [1.54, 1.807) is 11.3 Å². The van der Waals surface area contributed by atoms with Gasteiger partial charge in [0.25, 0.3) is 0 Å². The molecule has 0 spiro atoms. The predicted molar refractivity (Wildman–Crippen MR) is 97.8 cm³/mol. The normalized spacial score (nSPS) is 15.7. The zero-order valence-electron chi connectivity index (χ0n) is 13.5. The highest BCUT2D eigenvalue weighted by Gasteiger charge is 2.20. The van der Waals surface area contributed by atoms with Crippen LogP contribution < -0.4 is 15.1 Å². The Morgan fingerprint density at radius 1 is 1.30 bits per heavy atom. The average molecular weight is 332 g/mol. The van der Waals surface area contributed by atoms with Gasteiger partial charge in [-0.3, -0.25) is 0 Å². The lowest BCUT2D eigenvalue weighted by Gasteiger charge is -2.32. The van der Waals surface area contributed by atoms with E-state index in [1.165, 1.54) is 5.69 Å². The van der Waals surface area contributed by atoms with Crippen LogP contribution in [0, 0.1) is 0 Å². The van der Waals surface area contributed by atoms with E-state index in [1.807, 2.05) is 18.6 Å². The number of likely N-dealkylation sites (N-methyl/N-ethyl adjacent to an activating group) is 1. The SMILES string of the molecule is CN(CCO)c1ccc(NC2CCN(c3nccs3)CC2)cc1. The van der Waals surface area contributed by atoms with E-state index in [2.05, 4.69) is 44.4 Å². The molecule has 1 aliphatic heterocycles. The fraction of sp³-hybridized carbons (Fsp3) is 0.471. The Kier molecular flexibility index (Phi) is 5.35. The number of rotatable bonds is 6. The van der Waals surface area contributed by atoms with Gasteiger partial charge in [0.2, 0.25) is 0 Å². The number of nitrogens with zero attached hydrogens (tertiary/aromatic N) is 3. The molecule has 1 aromatic heterocycles. The summed E-state index contributed by atoms with van der Waals surface area (Å²) in [5, 5.41) is 15.8. The Balaban J connectivity index is 1.50. The number of aliphatic hydroxyl groups is 1. The van der Waals surface area contributed by atoms with Gasteiger partial charge in [-0.05, 0) is 37.1 Å². The smallest absolute Gasteiger partial charge is 0.185 e. The third-order valence-electron chi connectivity index (χ3n) is 4.30. The number of benzene rings is 1. The van der Waals surface area contributed by atoms with Crippen molar-refractivity contribution in [2.24, 2.45) is 0 Å². The molecule has 0 amide bonds. The summed E-state index contributed by atoms with van der Waals surface area (Å²) in [4.78, 5) is 8.81. The molecule has 6 heteroatoms. The van der Waals surface area contributed by atoms with Crippen molar-refractivity contribution in [3.8, 4) is 0 Å². The van der Waals surface area contributed by atoms with E-state index in [0.29, 0.717) is 12.6 Å². The van der Waals surface area contributed by atoms with E-state index >= 15 is 0 Å². The molecule has 0 saturated carbocycles. The van der Waals surface area contributed by atoms with E-state index in [4.69, 9.17) is 5.11 Å². The van der Waals surface area contributed by atoms with Gasteiger partial charge in [-0.25, -0.2) is 4.98 Å². The lowest BCUT2D eigenvalue weighted by atomic mass is 10.1. The monoisotopic (exact) mass is 332 g/mol. The summed E-state index contributed by atoms with van der Waals surface area (Å²) in [6.45, 7) is 2.95. The van der Waals surface area contributed by atoms with Crippen LogP contribution in [0.5, 0.6) is 0 Å². The van der Waals surface area contributed by atoms with Crippen molar-refractivity contribution in [2.45, 2.75) is 18.9 Å². The maximum absolute atomic E-state index is 9.00. The second-order valence-electron chi connectivity index (χ2n) is 5.91. The van der Waals surface area contributed by atoms with Crippen LogP contribution in [0.15, 0.2) is 35.8 Å². The van der Waals surface area contributed by atoms with Gasteiger partial charge in [0, 0.05) is 55.7 Å². The van der Waals surface area contributed by atoms with Gasteiger partial charge in [0.05, 0.1) is 6.61 Å². The molecule has 23 heavy (non-hydrogen) atoms. The fourth-order valence-electron chi connectivity index (χ4n) is 2.91. The maximum Gasteiger partial charge on any atom is 0.185 e. The van der Waals surface area contributed by atoms with Gasteiger partial charge in [-0.2, -0.15) is 0 Å². The Labute approximate surface area is 141 Å². The van der Waals surface area contributed by atoms with Gasteiger partial charge in [-0.1, -0.05) is 0 Å². The zero-order chi connectivity index (χ0) is 16.1. The van der Waals surface area contributed by atoms with Crippen molar-refractivity contribution in [1.82, 2.24) is 4.98 Å². The van der Waals surface area contributed by atoms with Crippen LogP contribution in [0.4, 0.5) is 16.5 Å². The van der Waals surface area contributed by atoms with Gasteiger partial charge in [0.1, 0.15) is 0 Å². The second kappa shape index (κ2) is 7.66. The quantitative estimate of drug-likeness (QED) is 0.852. The first-order chi connectivity index (χ1) is 11.3. The van der Waals surface area contributed by atoms with Crippen LogP contribution in [-0.2, 0) is 0 Å². The molecule has 1 aromatic carbocycles. The Morgan fingerprint density at radius 3 is 2.65 bits per heavy atom. The van der Waals surface area contributed by atoms with Crippen molar-refractivity contribution in [3.63, 3.8) is 0 Å². The molecule has 3 rings (SSSR count). The summed E-state index contributed by atoms with van der Waals surface area (Å²) in [6.07, 6.45) is 4.14. The van der Waals surface area contributed by atoms with Crippen LogP contribution in [-0.4, -0.2) is 49.4 Å². The predicted octanol–water partition coefficient (Wildman–Crippen LogP) is 2.65. The number of piperidine rings is 1. The molecule has 5 nitrogen and oxygen atoms in total. The number of thiazole rings is 1. The highest BCUT2D eigenvalue weighted by Crippen LogP contribution is 2.24. The first kappa shape index (κ1) is 16.1. The Bertz CT molecular complexity index is 579. The number of aliphatic hydroxyl groups excluding tert-OH is 1. The zero-order valence-corrected chi connectivity index (χ0v) is 14.3. The molecule has 1 aliphatic rings. The van der Waals surface area contributed by atoms with Gasteiger partial charge in [0.15, 0.2) is 5.13 Å². The van der Waals surface area contributed by atoms with Gasteiger partial charge < -0.3 is 20.2 Å². The number of nitrogens with one attached hydrogen (secondary N) is 1. The molecule has 2 aromatic rings. The van der Waals surface area contributed by atoms with Gasteiger partial charge >= 0.3 is 0 Å². The van der Waals surface area contributed by atoms with Crippen LogP contribution in [0.1, 0.15) is 12.8 Å². The maximum atomic E-state index is 9.00. The molecule has 2 heterocycles. The number of hydrogen-bond acceptors (Lipinski definition) is 6. The molecule has 0 atom stereocenters. The summed E-state index contributed by atoms with van der Waals surface area (Å²) in [6, 6.07) is 8.96. The highest BCUT2D eigenvalue weighted by atomic mass is 32.1. The molecule has 0 bridgehead atoms. The summed E-state index contributed by atoms with van der Waals surface area (Å²) >= 11 is 1.71. The van der Waals surface area contributed by atoms with E-state index in [9.17, 15) is 0 Å². The molecule has 0 radical (unpaired) electrons.